The standard InChI is InChI=1S/C25H32N2O5S2/c1-26-24(29)31-17-18-7-6-8-19(15-18)20-10-11-21(34-20)25(12-3-5-14-33-25)16-22(28)27-32-23-9-2-4-13-30-23/h6-8,10-11,15,23H,2-5,9,12-14,16-17H2,1H3,(H,26,29)(H,27,28)/t23?,25-/m0/s1. The Hall–Kier alpha value is -2.07. The first kappa shape index (κ1) is 25.0. The van der Waals surface area contributed by atoms with Crippen LogP contribution in [-0.2, 0) is 30.5 Å². The summed E-state index contributed by atoms with van der Waals surface area (Å²) in [6, 6.07) is 12.3. The molecule has 2 atom stereocenters. The van der Waals surface area contributed by atoms with Crippen molar-refractivity contribution < 1.29 is 23.9 Å². The number of amides is 2. The van der Waals surface area contributed by atoms with E-state index in [1.165, 1.54) is 11.3 Å². The molecule has 2 aromatic rings. The van der Waals surface area contributed by atoms with Gasteiger partial charge in [-0.1, -0.05) is 24.6 Å². The molecule has 0 aliphatic carbocycles. The van der Waals surface area contributed by atoms with Gasteiger partial charge in [-0.05, 0) is 60.8 Å². The highest BCUT2D eigenvalue weighted by atomic mass is 32.2. The predicted octanol–water partition coefficient (Wildman–Crippen LogP) is 5.35. The molecule has 2 aliphatic rings. The summed E-state index contributed by atoms with van der Waals surface area (Å²) in [6.07, 6.45) is 5.73. The lowest BCUT2D eigenvalue weighted by molar-refractivity contribution is -0.200. The molecule has 0 radical (unpaired) electrons. The molecular formula is C25H32N2O5S2. The molecule has 4 rings (SSSR count). The topological polar surface area (TPSA) is 85.9 Å². The van der Waals surface area contributed by atoms with E-state index in [2.05, 4.69) is 29.0 Å². The van der Waals surface area contributed by atoms with Gasteiger partial charge in [0.25, 0.3) is 0 Å². The molecule has 0 spiro atoms. The molecule has 0 saturated carbocycles. The number of benzene rings is 1. The lowest BCUT2D eigenvalue weighted by Gasteiger charge is -2.35. The highest BCUT2D eigenvalue weighted by Crippen LogP contribution is 2.50. The number of thiophene rings is 1. The first-order chi connectivity index (χ1) is 16.6. The Morgan fingerprint density at radius 2 is 2.09 bits per heavy atom. The number of hydrogen-bond donors (Lipinski definition) is 2. The Kier molecular flexibility index (Phi) is 8.88. The number of hydrogen-bond acceptors (Lipinski definition) is 7. The molecule has 0 bridgehead atoms. The van der Waals surface area contributed by atoms with E-state index < -0.39 is 6.09 Å². The number of rotatable bonds is 8. The zero-order valence-corrected chi connectivity index (χ0v) is 21.1. The van der Waals surface area contributed by atoms with Crippen LogP contribution in [0.1, 0.15) is 55.4 Å². The van der Waals surface area contributed by atoms with Crippen LogP contribution in [0.15, 0.2) is 36.4 Å². The Labute approximate surface area is 208 Å². The maximum absolute atomic E-state index is 12.9. The lowest BCUT2D eigenvalue weighted by Crippen LogP contribution is -2.37. The first-order valence-corrected chi connectivity index (χ1v) is 13.6. The fraction of sp³-hybridized carbons (Fsp3) is 0.520. The Bertz CT molecular complexity index is 968. The van der Waals surface area contributed by atoms with Crippen LogP contribution >= 0.6 is 23.1 Å². The molecule has 2 fully saturated rings. The minimum atomic E-state index is -0.447. The van der Waals surface area contributed by atoms with Gasteiger partial charge in [-0.15, -0.1) is 23.1 Å². The number of carbonyl (C=O) groups is 2. The lowest BCUT2D eigenvalue weighted by atomic mass is 9.94. The van der Waals surface area contributed by atoms with E-state index in [1.54, 1.807) is 18.4 Å². The molecule has 34 heavy (non-hydrogen) atoms. The van der Waals surface area contributed by atoms with Gasteiger partial charge in [0.15, 0.2) is 6.29 Å². The van der Waals surface area contributed by atoms with Crippen LogP contribution in [0.5, 0.6) is 0 Å². The second-order valence-corrected chi connectivity index (χ2v) is 11.2. The molecular weight excluding hydrogens is 472 g/mol. The van der Waals surface area contributed by atoms with Crippen LogP contribution in [0.2, 0.25) is 0 Å². The number of carbonyl (C=O) groups excluding carboxylic acids is 2. The van der Waals surface area contributed by atoms with Crippen molar-refractivity contribution in [2.45, 2.75) is 62.6 Å². The summed E-state index contributed by atoms with van der Waals surface area (Å²) in [5.74, 6) is 0.936. The van der Waals surface area contributed by atoms with Gasteiger partial charge in [0.05, 0.1) is 4.75 Å². The van der Waals surface area contributed by atoms with Crippen molar-refractivity contribution in [2.75, 3.05) is 19.4 Å². The Balaban J connectivity index is 1.45. The van der Waals surface area contributed by atoms with Crippen molar-refractivity contribution in [3.63, 3.8) is 0 Å². The fourth-order valence-electron chi connectivity index (χ4n) is 4.28. The third-order valence-corrected chi connectivity index (χ3v) is 9.16. The van der Waals surface area contributed by atoms with Gasteiger partial charge in [0.2, 0.25) is 5.91 Å². The molecule has 1 unspecified atom stereocenters. The summed E-state index contributed by atoms with van der Waals surface area (Å²) in [6.45, 7) is 0.897. The molecule has 3 heterocycles. The average molecular weight is 505 g/mol. The Morgan fingerprint density at radius 3 is 2.85 bits per heavy atom. The van der Waals surface area contributed by atoms with Gasteiger partial charge in [0, 0.05) is 36.3 Å². The number of hydroxylamine groups is 1. The van der Waals surface area contributed by atoms with Crippen molar-refractivity contribution in [3.05, 3.63) is 46.8 Å². The third-order valence-electron chi connectivity index (χ3n) is 6.08. The molecule has 9 heteroatoms. The van der Waals surface area contributed by atoms with E-state index in [9.17, 15) is 9.59 Å². The quantitative estimate of drug-likeness (QED) is 0.472. The third kappa shape index (κ3) is 6.53. The van der Waals surface area contributed by atoms with Crippen LogP contribution in [0.25, 0.3) is 10.4 Å². The molecule has 2 amide bonds. The van der Waals surface area contributed by atoms with Gasteiger partial charge >= 0.3 is 6.09 Å². The second-order valence-electron chi connectivity index (χ2n) is 8.61. The molecule has 1 aromatic heterocycles. The van der Waals surface area contributed by atoms with Crippen LogP contribution in [0.3, 0.4) is 0 Å². The smallest absolute Gasteiger partial charge is 0.407 e. The van der Waals surface area contributed by atoms with Crippen molar-refractivity contribution >= 4 is 35.1 Å². The van der Waals surface area contributed by atoms with Gasteiger partial charge in [-0.3, -0.25) is 4.79 Å². The predicted molar refractivity (Wildman–Crippen MR) is 134 cm³/mol. The monoisotopic (exact) mass is 504 g/mol. The highest BCUT2D eigenvalue weighted by Gasteiger charge is 2.38. The summed E-state index contributed by atoms with van der Waals surface area (Å²) in [5.41, 5.74) is 4.66. The largest absolute Gasteiger partial charge is 0.445 e. The van der Waals surface area contributed by atoms with E-state index in [1.807, 2.05) is 30.0 Å². The van der Waals surface area contributed by atoms with E-state index in [0.29, 0.717) is 13.0 Å². The molecule has 2 aliphatic heterocycles. The van der Waals surface area contributed by atoms with Crippen molar-refractivity contribution in [3.8, 4) is 10.4 Å². The molecule has 7 nitrogen and oxygen atoms in total. The number of nitrogens with one attached hydrogen (secondary N) is 2. The summed E-state index contributed by atoms with van der Waals surface area (Å²) in [5, 5.41) is 2.46. The van der Waals surface area contributed by atoms with Gasteiger partial charge in [-0.2, -0.15) is 0 Å². The first-order valence-electron chi connectivity index (χ1n) is 11.8. The summed E-state index contributed by atoms with van der Waals surface area (Å²) < 4.78 is 10.5. The number of alkyl carbamates (subject to hydrolysis) is 1. The summed E-state index contributed by atoms with van der Waals surface area (Å²) >= 11 is 3.61. The minimum absolute atomic E-state index is 0.105. The van der Waals surface area contributed by atoms with Crippen molar-refractivity contribution in [1.82, 2.24) is 10.8 Å². The fourth-order valence-corrected chi connectivity index (χ4v) is 7.16. The summed E-state index contributed by atoms with van der Waals surface area (Å²) in [4.78, 5) is 32.1. The summed E-state index contributed by atoms with van der Waals surface area (Å²) in [7, 11) is 1.54. The van der Waals surface area contributed by atoms with Crippen LogP contribution < -0.4 is 10.8 Å². The van der Waals surface area contributed by atoms with Crippen LogP contribution in [0.4, 0.5) is 4.79 Å². The second kappa shape index (κ2) is 12.1. The average Bonchev–Trinajstić information content (AvgIpc) is 3.39. The van der Waals surface area contributed by atoms with Gasteiger partial charge < -0.3 is 14.8 Å². The van der Waals surface area contributed by atoms with Gasteiger partial charge in [0.1, 0.15) is 6.61 Å². The molecule has 2 N–H and O–H groups in total. The van der Waals surface area contributed by atoms with E-state index in [0.717, 1.165) is 53.9 Å². The van der Waals surface area contributed by atoms with Crippen LogP contribution in [-0.4, -0.2) is 37.7 Å². The van der Waals surface area contributed by atoms with E-state index >= 15 is 0 Å². The molecule has 184 valence electrons. The van der Waals surface area contributed by atoms with Gasteiger partial charge in [-0.25, -0.2) is 15.1 Å². The van der Waals surface area contributed by atoms with E-state index in [-0.39, 0.29) is 23.6 Å². The van der Waals surface area contributed by atoms with Crippen LogP contribution in [0, 0.1) is 0 Å². The number of thioether (sulfide) groups is 1. The maximum Gasteiger partial charge on any atom is 0.407 e. The minimum Gasteiger partial charge on any atom is -0.445 e. The Morgan fingerprint density at radius 1 is 1.18 bits per heavy atom. The number of ether oxygens (including phenoxy) is 2. The zero-order valence-electron chi connectivity index (χ0n) is 19.5. The molecule has 1 aromatic carbocycles. The maximum atomic E-state index is 12.9. The normalized spacial score (nSPS) is 22.7. The zero-order chi connectivity index (χ0) is 23.8. The van der Waals surface area contributed by atoms with Crippen molar-refractivity contribution in [1.29, 1.82) is 0 Å². The molecule has 2 saturated heterocycles. The highest BCUT2D eigenvalue weighted by molar-refractivity contribution is 8.00. The van der Waals surface area contributed by atoms with Crippen molar-refractivity contribution in [2.24, 2.45) is 0 Å². The SMILES string of the molecule is CNC(=O)OCc1cccc(-c2ccc([C@@]3(CC(=O)NOC4CCCCO4)CCCCS3)s2)c1. The van der Waals surface area contributed by atoms with E-state index in [4.69, 9.17) is 14.3 Å².